The van der Waals surface area contributed by atoms with E-state index >= 15 is 0 Å². The Morgan fingerprint density at radius 1 is 1.47 bits per heavy atom. The van der Waals surface area contributed by atoms with Gasteiger partial charge >= 0.3 is 0 Å². The van der Waals surface area contributed by atoms with E-state index in [0.29, 0.717) is 12.5 Å². The van der Waals surface area contributed by atoms with Gasteiger partial charge in [0.05, 0.1) is 6.07 Å². The molecule has 0 radical (unpaired) electrons. The first-order valence-electron chi connectivity index (χ1n) is 5.72. The Balaban J connectivity index is 2.08. The van der Waals surface area contributed by atoms with Crippen LogP contribution in [-0.4, -0.2) is 19.1 Å². The highest BCUT2D eigenvalue weighted by molar-refractivity contribution is 5.46. The van der Waals surface area contributed by atoms with E-state index in [0.717, 1.165) is 18.5 Å². The molecule has 90 valence electrons. The lowest BCUT2D eigenvalue weighted by atomic mass is 9.96. The van der Waals surface area contributed by atoms with Gasteiger partial charge in [0.2, 0.25) is 0 Å². The summed E-state index contributed by atoms with van der Waals surface area (Å²) in [5, 5.41) is 9.17. The van der Waals surface area contributed by atoms with Crippen LogP contribution in [0.5, 0.6) is 0 Å². The number of benzene rings is 1. The fraction of sp³-hybridized carbons (Fsp3) is 0.462. The Morgan fingerprint density at radius 2 is 2.06 bits per heavy atom. The molecule has 1 atom stereocenters. The van der Waals surface area contributed by atoms with Crippen LogP contribution >= 0.6 is 0 Å². The molecule has 0 saturated heterocycles. The summed E-state index contributed by atoms with van der Waals surface area (Å²) in [4.78, 5) is 1.90. The third kappa shape index (κ3) is 2.56. The molecule has 0 aromatic heterocycles. The number of halogens is 1. The summed E-state index contributed by atoms with van der Waals surface area (Å²) in [5.41, 5.74) is 6.18. The third-order valence-electron chi connectivity index (χ3n) is 3.28. The van der Waals surface area contributed by atoms with Gasteiger partial charge in [-0.3, -0.25) is 0 Å². The zero-order chi connectivity index (χ0) is 12.5. The molecule has 0 amide bonds. The molecule has 3 nitrogen and oxygen atoms in total. The van der Waals surface area contributed by atoms with Crippen LogP contribution in [0.2, 0.25) is 0 Å². The van der Waals surface area contributed by atoms with Crippen molar-refractivity contribution in [3.05, 3.63) is 30.1 Å². The van der Waals surface area contributed by atoms with Crippen LogP contribution in [0.15, 0.2) is 24.3 Å². The third-order valence-corrected chi connectivity index (χ3v) is 3.28. The molecule has 2 N–H and O–H groups in total. The minimum absolute atomic E-state index is 0.261. The minimum Gasteiger partial charge on any atom is -0.372 e. The molecule has 0 bridgehead atoms. The lowest BCUT2D eigenvalue weighted by Gasteiger charge is -2.29. The summed E-state index contributed by atoms with van der Waals surface area (Å²) in [6, 6.07) is 8.42. The van der Waals surface area contributed by atoms with E-state index in [9.17, 15) is 9.65 Å². The van der Waals surface area contributed by atoms with Crippen LogP contribution < -0.4 is 10.6 Å². The lowest BCUT2D eigenvalue weighted by molar-refractivity contribution is 0.476. The Morgan fingerprint density at radius 3 is 2.53 bits per heavy atom. The molecular weight excluding hydrogens is 217 g/mol. The van der Waals surface area contributed by atoms with Crippen molar-refractivity contribution >= 4 is 5.69 Å². The highest BCUT2D eigenvalue weighted by Crippen LogP contribution is 2.38. The second-order valence-corrected chi connectivity index (χ2v) is 4.76. The summed E-state index contributed by atoms with van der Waals surface area (Å²) < 4.78 is 12.8. The summed E-state index contributed by atoms with van der Waals surface area (Å²) >= 11 is 0. The molecular formula is C13H16FN3. The number of rotatable bonds is 4. The minimum atomic E-state index is -0.789. The van der Waals surface area contributed by atoms with Crippen LogP contribution in [0.25, 0.3) is 0 Å². The summed E-state index contributed by atoms with van der Waals surface area (Å²) in [7, 11) is 1.87. The molecule has 1 aliphatic carbocycles. The number of nitrogens with two attached hydrogens (primary N) is 1. The van der Waals surface area contributed by atoms with Crippen LogP contribution in [0.3, 0.4) is 0 Å². The predicted octanol–water partition coefficient (Wildman–Crippen LogP) is 1.89. The van der Waals surface area contributed by atoms with Crippen molar-refractivity contribution in [2.24, 2.45) is 11.7 Å². The first-order chi connectivity index (χ1) is 8.05. The largest absolute Gasteiger partial charge is 0.372 e. The van der Waals surface area contributed by atoms with Crippen molar-refractivity contribution in [3.63, 3.8) is 0 Å². The Hall–Kier alpha value is -1.60. The maximum absolute atomic E-state index is 12.8. The number of hydrogen-bond donors (Lipinski definition) is 1. The number of likely N-dealkylation sites (N-methyl/N-ethyl adjacent to an activating group) is 1. The monoisotopic (exact) mass is 233 g/mol. The maximum Gasteiger partial charge on any atom is 0.124 e. The molecule has 1 aromatic rings. The van der Waals surface area contributed by atoms with E-state index in [1.807, 2.05) is 11.9 Å². The van der Waals surface area contributed by atoms with Crippen molar-refractivity contribution < 1.29 is 4.39 Å². The SMILES string of the molecule is CN(CC(N)(C#N)C1CC1)c1ccc(F)cc1. The summed E-state index contributed by atoms with van der Waals surface area (Å²) in [6.45, 7) is 0.472. The van der Waals surface area contributed by atoms with E-state index in [-0.39, 0.29) is 5.82 Å². The van der Waals surface area contributed by atoms with Gasteiger partial charge in [0.15, 0.2) is 0 Å². The molecule has 0 aliphatic heterocycles. The highest BCUT2D eigenvalue weighted by atomic mass is 19.1. The van der Waals surface area contributed by atoms with Gasteiger partial charge in [-0.05, 0) is 43.0 Å². The molecule has 17 heavy (non-hydrogen) atoms. The molecule has 2 rings (SSSR count). The molecule has 1 unspecified atom stereocenters. The van der Waals surface area contributed by atoms with E-state index in [2.05, 4.69) is 6.07 Å². The number of nitriles is 1. The summed E-state index contributed by atoms with van der Waals surface area (Å²) in [6.07, 6.45) is 2.06. The summed E-state index contributed by atoms with van der Waals surface area (Å²) in [5.74, 6) is 0.0408. The molecule has 4 heteroatoms. The van der Waals surface area contributed by atoms with Gasteiger partial charge in [-0.15, -0.1) is 0 Å². The van der Waals surface area contributed by atoms with Crippen LogP contribution in [0.1, 0.15) is 12.8 Å². The van der Waals surface area contributed by atoms with Gasteiger partial charge in [-0.1, -0.05) is 0 Å². The van der Waals surface area contributed by atoms with Crippen molar-refractivity contribution in [1.29, 1.82) is 5.26 Å². The van der Waals surface area contributed by atoms with Crippen LogP contribution in [0.4, 0.5) is 10.1 Å². The molecule has 1 fully saturated rings. The standard InChI is InChI=1S/C13H16FN3/c1-17(12-6-4-11(14)5-7-12)9-13(16,8-15)10-2-3-10/h4-7,10H,2-3,9,16H2,1H3. The Kier molecular flexibility index (Phi) is 3.03. The van der Waals surface area contributed by atoms with Crippen molar-refractivity contribution in [2.75, 3.05) is 18.5 Å². The van der Waals surface area contributed by atoms with Crippen molar-refractivity contribution in [2.45, 2.75) is 18.4 Å². The fourth-order valence-electron chi connectivity index (χ4n) is 2.03. The van der Waals surface area contributed by atoms with Crippen molar-refractivity contribution in [1.82, 2.24) is 0 Å². The topological polar surface area (TPSA) is 53.0 Å². The number of nitrogens with zero attached hydrogens (tertiary/aromatic N) is 2. The zero-order valence-corrected chi connectivity index (χ0v) is 9.86. The van der Waals surface area contributed by atoms with Crippen molar-refractivity contribution in [3.8, 4) is 6.07 Å². The fourth-order valence-corrected chi connectivity index (χ4v) is 2.03. The van der Waals surface area contributed by atoms with Gasteiger partial charge in [0, 0.05) is 19.3 Å². The molecule has 1 aliphatic rings. The zero-order valence-electron chi connectivity index (χ0n) is 9.86. The van der Waals surface area contributed by atoms with Gasteiger partial charge in [-0.2, -0.15) is 5.26 Å². The Bertz CT molecular complexity index is 433. The van der Waals surface area contributed by atoms with Gasteiger partial charge in [0.25, 0.3) is 0 Å². The van der Waals surface area contributed by atoms with Crippen LogP contribution in [0, 0.1) is 23.1 Å². The number of hydrogen-bond acceptors (Lipinski definition) is 3. The van der Waals surface area contributed by atoms with E-state index in [1.165, 1.54) is 12.1 Å². The lowest BCUT2D eigenvalue weighted by Crippen LogP contribution is -2.50. The highest BCUT2D eigenvalue weighted by Gasteiger charge is 2.43. The predicted molar refractivity (Wildman–Crippen MR) is 64.9 cm³/mol. The number of anilines is 1. The smallest absolute Gasteiger partial charge is 0.124 e. The first-order valence-corrected chi connectivity index (χ1v) is 5.72. The van der Waals surface area contributed by atoms with Crippen LogP contribution in [-0.2, 0) is 0 Å². The first kappa shape index (κ1) is 11.9. The Labute approximate surface area is 101 Å². The molecule has 1 aromatic carbocycles. The second kappa shape index (κ2) is 4.34. The molecule has 0 spiro atoms. The second-order valence-electron chi connectivity index (χ2n) is 4.76. The normalized spacial score (nSPS) is 18.2. The molecule has 1 saturated carbocycles. The average Bonchev–Trinajstić information content (AvgIpc) is 3.13. The van der Waals surface area contributed by atoms with E-state index in [4.69, 9.17) is 5.73 Å². The van der Waals surface area contributed by atoms with E-state index < -0.39 is 5.54 Å². The van der Waals surface area contributed by atoms with Gasteiger partial charge in [-0.25, -0.2) is 4.39 Å². The van der Waals surface area contributed by atoms with Gasteiger partial charge < -0.3 is 10.6 Å². The molecule has 0 heterocycles. The maximum atomic E-state index is 12.8. The quantitative estimate of drug-likeness (QED) is 0.864. The average molecular weight is 233 g/mol. The van der Waals surface area contributed by atoms with E-state index in [1.54, 1.807) is 12.1 Å². The van der Waals surface area contributed by atoms with Gasteiger partial charge in [0.1, 0.15) is 11.4 Å².